The van der Waals surface area contributed by atoms with Crippen LogP contribution in [0.2, 0.25) is 0 Å². The maximum Gasteiger partial charge on any atom is 0.121 e. The van der Waals surface area contributed by atoms with Crippen molar-refractivity contribution in [3.05, 3.63) is 89.5 Å². The highest BCUT2D eigenvalue weighted by Crippen LogP contribution is 2.48. The first-order valence-corrected chi connectivity index (χ1v) is 9.44. The van der Waals surface area contributed by atoms with Gasteiger partial charge in [-0.2, -0.15) is 0 Å². The molecule has 0 bridgehead atoms. The summed E-state index contributed by atoms with van der Waals surface area (Å²) in [6.45, 7) is 1.59. The normalized spacial score (nSPS) is 15.4. The van der Waals surface area contributed by atoms with Gasteiger partial charge < -0.3 is 14.5 Å². The second-order valence-corrected chi connectivity index (χ2v) is 7.33. The molecule has 0 amide bonds. The Bertz CT molecular complexity index is 921. The third-order valence-electron chi connectivity index (χ3n) is 5.22. The maximum absolute atomic E-state index is 5.99. The first-order valence-electron chi connectivity index (χ1n) is 9.44. The van der Waals surface area contributed by atoms with Gasteiger partial charge in [-0.1, -0.05) is 54.6 Å². The maximum atomic E-state index is 5.99. The van der Waals surface area contributed by atoms with Crippen molar-refractivity contribution in [3.8, 4) is 5.75 Å². The van der Waals surface area contributed by atoms with Crippen molar-refractivity contribution in [3.63, 3.8) is 0 Å². The summed E-state index contributed by atoms with van der Waals surface area (Å²) in [5.74, 6) is 1.16. The van der Waals surface area contributed by atoms with Crippen molar-refractivity contribution in [2.75, 3.05) is 39.2 Å². The number of fused-ring (bicyclic) bond motifs is 2. The predicted molar refractivity (Wildman–Crippen MR) is 112 cm³/mol. The largest absolute Gasteiger partial charge is 0.492 e. The zero-order valence-corrected chi connectivity index (χ0v) is 16.2. The molecule has 0 aliphatic carbocycles. The minimum atomic E-state index is 0.240. The Hall–Kier alpha value is -2.78. The summed E-state index contributed by atoms with van der Waals surface area (Å²) < 4.78 is 5.99. The van der Waals surface area contributed by atoms with Gasteiger partial charge in [-0.3, -0.25) is 0 Å². The fourth-order valence-electron chi connectivity index (χ4n) is 3.83. The zero-order chi connectivity index (χ0) is 18.8. The summed E-state index contributed by atoms with van der Waals surface area (Å²) in [6.07, 6.45) is 0. The number of hydrogen-bond donors (Lipinski definition) is 0. The number of nitrogens with zero attached hydrogens (tertiary/aromatic N) is 2. The van der Waals surface area contributed by atoms with Crippen molar-refractivity contribution in [2.45, 2.75) is 5.92 Å². The van der Waals surface area contributed by atoms with Crippen LogP contribution in [0.4, 0.5) is 11.4 Å². The van der Waals surface area contributed by atoms with E-state index in [9.17, 15) is 0 Å². The number of ether oxygens (including phenoxy) is 1. The van der Waals surface area contributed by atoms with Crippen LogP contribution >= 0.6 is 0 Å². The highest BCUT2D eigenvalue weighted by molar-refractivity contribution is 5.78. The number of benzene rings is 3. The molecule has 0 N–H and O–H groups in total. The summed E-state index contributed by atoms with van der Waals surface area (Å²) >= 11 is 0. The molecule has 1 aliphatic rings. The van der Waals surface area contributed by atoms with Gasteiger partial charge in [0.15, 0.2) is 0 Å². The van der Waals surface area contributed by atoms with Gasteiger partial charge >= 0.3 is 0 Å². The van der Waals surface area contributed by atoms with E-state index in [1.165, 1.54) is 28.1 Å². The highest BCUT2D eigenvalue weighted by atomic mass is 16.5. The zero-order valence-electron chi connectivity index (χ0n) is 16.2. The SMILES string of the molecule is CN(C)CCOc1ccc2c(c1)N(C)c1ccccc1C2c1ccccc1. The lowest BCUT2D eigenvalue weighted by Gasteiger charge is -2.36. The van der Waals surface area contributed by atoms with Crippen molar-refractivity contribution < 1.29 is 4.74 Å². The predicted octanol–water partition coefficient (Wildman–Crippen LogP) is 4.89. The Morgan fingerprint density at radius 1 is 0.852 bits per heavy atom. The standard InChI is InChI=1S/C24H26N2O/c1-25(2)15-16-27-19-13-14-21-23(17-19)26(3)22-12-8-7-11-20(22)24(21)18-9-5-4-6-10-18/h4-14,17,24H,15-16H2,1-3H3. The van der Waals surface area contributed by atoms with Crippen LogP contribution in [0.1, 0.15) is 22.6 Å². The summed E-state index contributed by atoms with van der Waals surface area (Å²) in [7, 11) is 6.26. The van der Waals surface area contributed by atoms with Gasteiger partial charge in [0.05, 0.1) is 0 Å². The second-order valence-electron chi connectivity index (χ2n) is 7.33. The summed E-state index contributed by atoms with van der Waals surface area (Å²) in [5, 5.41) is 0. The van der Waals surface area contributed by atoms with E-state index >= 15 is 0 Å². The Labute approximate surface area is 161 Å². The molecule has 0 radical (unpaired) electrons. The van der Waals surface area contributed by atoms with Crippen molar-refractivity contribution in [2.24, 2.45) is 0 Å². The van der Waals surface area contributed by atoms with Crippen molar-refractivity contribution in [1.29, 1.82) is 0 Å². The number of likely N-dealkylation sites (N-methyl/N-ethyl adjacent to an activating group) is 1. The monoisotopic (exact) mass is 358 g/mol. The Balaban J connectivity index is 1.76. The first-order chi connectivity index (χ1) is 13.1. The molecule has 3 aromatic rings. The van der Waals surface area contributed by atoms with Gasteiger partial charge in [0.1, 0.15) is 12.4 Å². The number of anilines is 2. The third kappa shape index (κ3) is 3.43. The molecule has 1 atom stereocenters. The lowest BCUT2D eigenvalue weighted by molar-refractivity contribution is 0.261. The van der Waals surface area contributed by atoms with E-state index in [-0.39, 0.29) is 5.92 Å². The van der Waals surface area contributed by atoms with Crippen LogP contribution in [0.15, 0.2) is 72.8 Å². The Morgan fingerprint density at radius 3 is 2.33 bits per heavy atom. The van der Waals surface area contributed by atoms with E-state index in [1.54, 1.807) is 0 Å². The first kappa shape index (κ1) is 17.6. The summed E-state index contributed by atoms with van der Waals surface area (Å²) in [6, 6.07) is 26.0. The molecule has 138 valence electrons. The van der Waals surface area contributed by atoms with Crippen molar-refractivity contribution >= 4 is 11.4 Å². The Kier molecular flexibility index (Phi) is 4.87. The van der Waals surface area contributed by atoms with Crippen LogP contribution in [0.5, 0.6) is 5.75 Å². The van der Waals surface area contributed by atoms with Crippen LogP contribution in [0, 0.1) is 0 Å². The fraction of sp³-hybridized carbons (Fsp3) is 0.250. The van der Waals surface area contributed by atoms with Crippen LogP contribution < -0.4 is 9.64 Å². The topological polar surface area (TPSA) is 15.7 Å². The minimum absolute atomic E-state index is 0.240. The molecular formula is C24H26N2O. The quantitative estimate of drug-likeness (QED) is 0.646. The Morgan fingerprint density at radius 2 is 1.56 bits per heavy atom. The summed E-state index contributed by atoms with van der Waals surface area (Å²) in [5.41, 5.74) is 6.46. The molecule has 4 rings (SSSR count). The molecule has 0 saturated heterocycles. The lowest BCUT2D eigenvalue weighted by atomic mass is 9.80. The van der Waals surface area contributed by atoms with E-state index in [4.69, 9.17) is 4.74 Å². The van der Waals surface area contributed by atoms with Gasteiger partial charge in [0.25, 0.3) is 0 Å². The molecule has 0 spiro atoms. The van der Waals surface area contributed by atoms with E-state index < -0.39 is 0 Å². The molecule has 0 saturated carbocycles. The highest BCUT2D eigenvalue weighted by Gasteiger charge is 2.29. The van der Waals surface area contributed by atoms with E-state index in [1.807, 2.05) is 0 Å². The van der Waals surface area contributed by atoms with E-state index in [0.717, 1.165) is 12.3 Å². The van der Waals surface area contributed by atoms with Crippen LogP contribution in [-0.2, 0) is 0 Å². The van der Waals surface area contributed by atoms with Gasteiger partial charge in [-0.15, -0.1) is 0 Å². The molecule has 0 aromatic heterocycles. The van der Waals surface area contributed by atoms with E-state index in [2.05, 4.69) is 104 Å². The summed E-state index contributed by atoms with van der Waals surface area (Å²) in [4.78, 5) is 4.41. The molecule has 1 unspecified atom stereocenters. The van der Waals surface area contributed by atoms with Gasteiger partial charge in [-0.05, 0) is 42.9 Å². The van der Waals surface area contributed by atoms with Crippen LogP contribution in [-0.4, -0.2) is 39.2 Å². The molecule has 1 heterocycles. The third-order valence-corrected chi connectivity index (χ3v) is 5.22. The average molecular weight is 358 g/mol. The smallest absolute Gasteiger partial charge is 0.121 e. The molecule has 3 nitrogen and oxygen atoms in total. The minimum Gasteiger partial charge on any atom is -0.492 e. The number of para-hydroxylation sites is 1. The van der Waals surface area contributed by atoms with Crippen molar-refractivity contribution in [1.82, 2.24) is 4.90 Å². The lowest BCUT2D eigenvalue weighted by Crippen LogP contribution is -2.23. The second kappa shape index (κ2) is 7.45. The van der Waals surface area contributed by atoms with Gasteiger partial charge in [0, 0.05) is 37.0 Å². The fourth-order valence-corrected chi connectivity index (χ4v) is 3.83. The average Bonchev–Trinajstić information content (AvgIpc) is 2.69. The molecule has 0 fully saturated rings. The van der Waals surface area contributed by atoms with Gasteiger partial charge in [-0.25, -0.2) is 0 Å². The van der Waals surface area contributed by atoms with Gasteiger partial charge in [0.2, 0.25) is 0 Å². The molecule has 1 aliphatic heterocycles. The van der Waals surface area contributed by atoms with Crippen LogP contribution in [0.25, 0.3) is 0 Å². The molecule has 27 heavy (non-hydrogen) atoms. The molecular weight excluding hydrogens is 332 g/mol. The van der Waals surface area contributed by atoms with E-state index in [0.29, 0.717) is 6.61 Å². The number of hydrogen-bond acceptors (Lipinski definition) is 3. The number of rotatable bonds is 5. The molecule has 3 heteroatoms. The van der Waals surface area contributed by atoms with Crippen LogP contribution in [0.3, 0.4) is 0 Å². The molecule has 3 aromatic carbocycles.